The lowest BCUT2D eigenvalue weighted by atomic mass is 10.0. The Kier molecular flexibility index (Phi) is 19.6. The van der Waals surface area contributed by atoms with Crippen molar-refractivity contribution < 1.29 is 4.42 Å². The molecule has 0 spiro atoms. The summed E-state index contributed by atoms with van der Waals surface area (Å²) < 4.78 is 25.7. The van der Waals surface area contributed by atoms with Gasteiger partial charge in [0.1, 0.15) is 11.2 Å². The van der Waals surface area contributed by atoms with Crippen LogP contribution >= 0.6 is 45.3 Å². The standard InChI is InChI=1S/C46H28N4S.C46H27N3S2.C40H23N3OS/c1-3-13-29(14-4-1)37-28-38(30-23-26-43-36(27-30)33-18-9-12-22-42(33)51-43)48-46(47-37)50-40-21-11-8-19-35(40)44-41(50)25-24-34-32-17-7-10-20-39(32)49(45(34)44)31-15-5-2-6-16-31;1-2-10-28(11-3-1)29-18-20-30(21-19-29)38-27-39(31-22-23-35-33-13-5-8-16-42(33)50-44(35)24-31)48-46(47-38)49-40-15-7-4-12-32(40)36-26-45-37(25-41(36)49)34-14-6-9-17-43(34)51-45;1-2-11-24(12-3-1)31-23-32(27-16-10-20-38-39(27)28-15-6-9-19-37(28)45-38)42-40(41-31)43-33-17-7-4-13-25(33)29-22-36-30(21-34(29)43)26-14-5-8-18-35(26)44-36/h1-28H;1-27H;1-23H. The summed E-state index contributed by atoms with van der Waals surface area (Å²) in [7, 11) is 0. The molecule has 0 aliphatic carbocycles. The Balaban J connectivity index is 0.000000102. The van der Waals surface area contributed by atoms with Crippen LogP contribution in [-0.2, 0) is 0 Å². The molecule has 0 aliphatic rings. The molecule has 0 saturated carbocycles. The molecule has 147 heavy (non-hydrogen) atoms. The Labute approximate surface area is 856 Å². The highest BCUT2D eigenvalue weighted by Crippen LogP contribution is 2.49. The zero-order valence-electron chi connectivity index (χ0n) is 78.5. The Morgan fingerprint density at radius 1 is 0.163 bits per heavy atom. The first-order valence-electron chi connectivity index (χ1n) is 49.2. The minimum Gasteiger partial charge on any atom is -0.456 e. The highest BCUT2D eigenvalue weighted by Gasteiger charge is 2.28. The fraction of sp³-hybridized carbons (Fsp3) is 0. The third-order valence-electron chi connectivity index (χ3n) is 29.0. The number of nitrogens with zero attached hydrogens (tertiary/aromatic N) is 10. The van der Waals surface area contributed by atoms with Crippen LogP contribution in [0.5, 0.6) is 0 Å². The molecular weight excluding hydrogens is 1870 g/mol. The van der Waals surface area contributed by atoms with E-state index in [1.807, 2.05) is 69.6 Å². The van der Waals surface area contributed by atoms with E-state index in [0.717, 1.165) is 139 Å². The Bertz CT molecular complexity index is 11000. The molecule has 0 saturated heterocycles. The van der Waals surface area contributed by atoms with Gasteiger partial charge < -0.3 is 8.98 Å². The summed E-state index contributed by atoms with van der Waals surface area (Å²) in [6.45, 7) is 0. The zero-order valence-corrected chi connectivity index (χ0v) is 81.8. The molecule has 0 aliphatic heterocycles. The Hall–Kier alpha value is -18.5. The first-order chi connectivity index (χ1) is 72.8. The molecule has 15 heteroatoms. The van der Waals surface area contributed by atoms with Crippen molar-refractivity contribution in [3.8, 4) is 102 Å². The van der Waals surface area contributed by atoms with Crippen molar-refractivity contribution in [1.29, 1.82) is 0 Å². The van der Waals surface area contributed by atoms with Crippen LogP contribution in [0.2, 0.25) is 0 Å². The van der Waals surface area contributed by atoms with Gasteiger partial charge in [-0.1, -0.05) is 334 Å². The number of aromatic nitrogens is 10. The van der Waals surface area contributed by atoms with Gasteiger partial charge in [-0.05, 0) is 151 Å². The second-order valence-electron chi connectivity index (χ2n) is 37.4. The van der Waals surface area contributed by atoms with Gasteiger partial charge in [-0.2, -0.15) is 0 Å². The molecular formula is C132H78N10OS4. The molecule has 20 aromatic carbocycles. The number of hydrogen-bond donors (Lipinski definition) is 0. The molecule has 11 nitrogen and oxygen atoms in total. The summed E-state index contributed by atoms with van der Waals surface area (Å²) in [4.78, 5) is 32.1. The summed E-state index contributed by atoms with van der Waals surface area (Å²) in [6, 6.07) is 168. The molecule has 12 heterocycles. The maximum Gasteiger partial charge on any atom is 0.235 e. The smallest absolute Gasteiger partial charge is 0.235 e. The van der Waals surface area contributed by atoms with Gasteiger partial charge >= 0.3 is 0 Å². The maximum absolute atomic E-state index is 6.31. The largest absolute Gasteiger partial charge is 0.456 e. The maximum atomic E-state index is 6.31. The van der Waals surface area contributed by atoms with Crippen molar-refractivity contribution in [3.05, 3.63) is 473 Å². The fourth-order valence-electron chi connectivity index (χ4n) is 22.3. The number of thiophene rings is 4. The van der Waals surface area contributed by atoms with E-state index in [1.54, 1.807) is 0 Å². The molecule has 686 valence electrons. The molecule has 32 rings (SSSR count). The van der Waals surface area contributed by atoms with Gasteiger partial charge in [0.2, 0.25) is 17.8 Å². The minimum atomic E-state index is 0.640. The number of fused-ring (bicyclic) bond motifs is 28. The molecule has 0 unspecified atom stereocenters. The van der Waals surface area contributed by atoms with Gasteiger partial charge in [0.05, 0.1) is 78.3 Å². The van der Waals surface area contributed by atoms with E-state index in [9.17, 15) is 0 Å². The van der Waals surface area contributed by atoms with E-state index in [1.165, 1.54) is 135 Å². The lowest BCUT2D eigenvalue weighted by Crippen LogP contribution is -2.04. The van der Waals surface area contributed by atoms with Gasteiger partial charge in [0, 0.05) is 174 Å². The van der Waals surface area contributed by atoms with E-state index in [2.05, 4.69) is 467 Å². The van der Waals surface area contributed by atoms with Crippen LogP contribution in [-0.4, -0.2) is 48.2 Å². The van der Waals surface area contributed by atoms with Gasteiger partial charge in [-0.15, -0.1) is 45.3 Å². The fourth-order valence-corrected chi connectivity index (χ4v) is 26.8. The molecule has 32 aromatic rings. The van der Waals surface area contributed by atoms with Crippen LogP contribution in [0.25, 0.3) is 292 Å². The number of benzene rings is 20. The van der Waals surface area contributed by atoms with Crippen LogP contribution in [0.15, 0.2) is 478 Å². The monoisotopic (exact) mass is 1950 g/mol. The summed E-state index contributed by atoms with van der Waals surface area (Å²) in [5.41, 5.74) is 25.8. The van der Waals surface area contributed by atoms with Crippen LogP contribution in [0.1, 0.15) is 0 Å². The van der Waals surface area contributed by atoms with E-state index < -0.39 is 0 Å². The third kappa shape index (κ3) is 13.9. The van der Waals surface area contributed by atoms with E-state index in [0.29, 0.717) is 17.8 Å². The SMILES string of the molecule is c1ccc(-c2cc(-c3ccc4sc5ccccc5c4c3)nc(-n3c4ccccc4c4c3ccc3c5ccccc5n(-c5ccccc5)c34)n2)cc1.c1ccc(-c2cc(-c3cccc4sc5ccccc5c34)nc(-n3c4ccccc4c4cc5oc6ccccc6c5cc43)n2)cc1.c1ccc(-c2ccc(-c3cc(-c4ccc5c(c4)sc4ccccc45)nc(-n4c5ccccc5c5cc6sc7ccccc7c6cc54)n3)cc2)cc1. The summed E-state index contributed by atoms with van der Waals surface area (Å²) in [5.74, 6) is 1.95. The molecule has 0 atom stereocenters. The van der Waals surface area contributed by atoms with Crippen molar-refractivity contribution in [2.24, 2.45) is 0 Å². The van der Waals surface area contributed by atoms with Crippen molar-refractivity contribution >= 4 is 235 Å². The van der Waals surface area contributed by atoms with Crippen molar-refractivity contribution in [3.63, 3.8) is 0 Å². The normalized spacial score (nSPS) is 11.9. The lowest BCUT2D eigenvalue weighted by molar-refractivity contribution is 0.669. The first-order valence-corrected chi connectivity index (χ1v) is 52.5. The summed E-state index contributed by atoms with van der Waals surface area (Å²) in [6.07, 6.45) is 0. The molecule has 12 aromatic heterocycles. The van der Waals surface area contributed by atoms with Gasteiger partial charge in [0.15, 0.2) is 0 Å². The minimum absolute atomic E-state index is 0.640. The van der Waals surface area contributed by atoms with Crippen LogP contribution in [0.4, 0.5) is 0 Å². The van der Waals surface area contributed by atoms with E-state index in [-0.39, 0.29) is 0 Å². The number of para-hydroxylation sites is 6. The van der Waals surface area contributed by atoms with Gasteiger partial charge in [-0.25, -0.2) is 29.9 Å². The number of hydrogen-bond acceptors (Lipinski definition) is 11. The second kappa shape index (κ2) is 34.1. The quantitative estimate of drug-likeness (QED) is 0.127. The van der Waals surface area contributed by atoms with Crippen molar-refractivity contribution in [2.45, 2.75) is 0 Å². The topological polar surface area (TPSA) is 110 Å². The average molecular weight is 1950 g/mol. The van der Waals surface area contributed by atoms with E-state index >= 15 is 0 Å². The predicted molar refractivity (Wildman–Crippen MR) is 620 cm³/mol. The molecule has 0 radical (unpaired) electrons. The summed E-state index contributed by atoms with van der Waals surface area (Å²) >= 11 is 7.34. The second-order valence-corrected chi connectivity index (χ2v) is 41.8. The van der Waals surface area contributed by atoms with Crippen LogP contribution in [0, 0.1) is 0 Å². The highest BCUT2D eigenvalue weighted by molar-refractivity contribution is 7.27. The zero-order chi connectivity index (χ0) is 96.4. The van der Waals surface area contributed by atoms with Crippen molar-refractivity contribution in [1.82, 2.24) is 48.2 Å². The van der Waals surface area contributed by atoms with Crippen LogP contribution < -0.4 is 0 Å². The predicted octanol–water partition coefficient (Wildman–Crippen LogP) is 36.9. The lowest BCUT2D eigenvalue weighted by Gasteiger charge is -2.12. The molecule has 0 fully saturated rings. The first kappa shape index (κ1) is 84.2. The molecule has 0 bridgehead atoms. The Morgan fingerprint density at radius 2 is 0.524 bits per heavy atom. The molecule has 0 N–H and O–H groups in total. The van der Waals surface area contributed by atoms with E-state index in [4.69, 9.17) is 34.3 Å². The third-order valence-corrected chi connectivity index (χ3v) is 33.6. The van der Waals surface area contributed by atoms with Crippen molar-refractivity contribution in [2.75, 3.05) is 0 Å². The average Bonchev–Trinajstić information content (AvgIpc) is 1.56. The van der Waals surface area contributed by atoms with Gasteiger partial charge in [0.25, 0.3) is 0 Å². The highest BCUT2D eigenvalue weighted by atomic mass is 32.1. The summed E-state index contributed by atoms with van der Waals surface area (Å²) in [5, 5.41) is 21.8. The van der Waals surface area contributed by atoms with Gasteiger partial charge in [-0.3, -0.25) is 13.7 Å². The Morgan fingerprint density at radius 3 is 1.12 bits per heavy atom. The number of furan rings is 1. The number of rotatable bonds is 11. The molecule has 0 amide bonds. The van der Waals surface area contributed by atoms with Crippen LogP contribution in [0.3, 0.4) is 0 Å².